The molecule has 4 rings (SSSR count). The fourth-order valence-electron chi connectivity index (χ4n) is 4.07. The predicted molar refractivity (Wildman–Crippen MR) is 112 cm³/mol. The minimum absolute atomic E-state index is 0.144. The van der Waals surface area contributed by atoms with Crippen molar-refractivity contribution in [1.82, 2.24) is 20.4 Å². The van der Waals surface area contributed by atoms with Crippen LogP contribution in [0.2, 0.25) is 5.02 Å². The van der Waals surface area contributed by atoms with Crippen LogP contribution in [-0.2, 0) is 4.74 Å². The van der Waals surface area contributed by atoms with Gasteiger partial charge < -0.3 is 15.4 Å². The zero-order chi connectivity index (χ0) is 20.2. The van der Waals surface area contributed by atoms with Gasteiger partial charge in [0.2, 0.25) is 0 Å². The van der Waals surface area contributed by atoms with E-state index in [-0.39, 0.29) is 24.0 Å². The largest absolute Gasteiger partial charge is 0.381 e. The first-order chi connectivity index (χ1) is 14.1. The molecule has 154 valence electrons. The molecule has 7 nitrogen and oxygen atoms in total. The predicted octanol–water partition coefficient (Wildman–Crippen LogP) is 2.90. The molecule has 1 aromatic carbocycles. The van der Waals surface area contributed by atoms with Crippen LogP contribution in [0, 0.1) is 0 Å². The lowest BCUT2D eigenvalue weighted by atomic mass is 10.0. The molecule has 2 N–H and O–H groups in total. The van der Waals surface area contributed by atoms with E-state index in [0.29, 0.717) is 24.7 Å². The molecule has 1 amide bonds. The number of likely N-dealkylation sites (N-methyl/N-ethyl adjacent to an activating group) is 1. The Morgan fingerprint density at radius 1 is 1.10 bits per heavy atom. The second-order valence-electron chi connectivity index (χ2n) is 7.68. The molecular weight excluding hydrogens is 390 g/mol. The van der Waals surface area contributed by atoms with Crippen LogP contribution >= 0.6 is 11.6 Å². The number of aromatic nitrogens is 2. The molecule has 0 spiro atoms. The summed E-state index contributed by atoms with van der Waals surface area (Å²) >= 11 is 6.04. The number of nitrogens with one attached hydrogen (secondary N) is 2. The Balaban J connectivity index is 1.39. The Morgan fingerprint density at radius 3 is 2.55 bits per heavy atom. The number of rotatable bonds is 5. The summed E-state index contributed by atoms with van der Waals surface area (Å²) in [5, 5.41) is 15.6. The van der Waals surface area contributed by atoms with Crippen LogP contribution in [0.1, 0.15) is 41.4 Å². The molecule has 0 aliphatic carbocycles. The third-order valence-corrected chi connectivity index (χ3v) is 5.90. The number of amides is 1. The SMILES string of the molecule is CN1CCC(Nc2ccc(C(=O)NC3CCOCC3)nn2)C1c1ccc(Cl)cc1. The maximum Gasteiger partial charge on any atom is 0.272 e. The molecular formula is C21H26ClN5O2. The number of anilines is 1. The van der Waals surface area contributed by atoms with Crippen molar-refractivity contribution in [2.75, 3.05) is 32.1 Å². The van der Waals surface area contributed by atoms with Crippen LogP contribution in [0.5, 0.6) is 0 Å². The molecule has 0 radical (unpaired) electrons. The topological polar surface area (TPSA) is 79.4 Å². The van der Waals surface area contributed by atoms with E-state index in [2.05, 4.69) is 44.9 Å². The highest BCUT2D eigenvalue weighted by molar-refractivity contribution is 6.30. The highest BCUT2D eigenvalue weighted by Crippen LogP contribution is 2.33. The Hall–Kier alpha value is -2.22. The molecule has 2 aromatic rings. The minimum Gasteiger partial charge on any atom is -0.381 e. The number of benzene rings is 1. The molecule has 3 heterocycles. The van der Waals surface area contributed by atoms with Gasteiger partial charge in [-0.25, -0.2) is 0 Å². The lowest BCUT2D eigenvalue weighted by Gasteiger charge is -2.26. The Kier molecular flexibility index (Phi) is 6.28. The van der Waals surface area contributed by atoms with E-state index < -0.39 is 0 Å². The molecule has 2 aliphatic rings. The first kappa shape index (κ1) is 20.1. The Labute approximate surface area is 175 Å². The van der Waals surface area contributed by atoms with Gasteiger partial charge in [-0.2, -0.15) is 0 Å². The molecule has 2 atom stereocenters. The summed E-state index contributed by atoms with van der Waals surface area (Å²) < 4.78 is 5.32. The highest BCUT2D eigenvalue weighted by Gasteiger charge is 2.33. The average molecular weight is 416 g/mol. The molecule has 2 saturated heterocycles. The van der Waals surface area contributed by atoms with Gasteiger partial charge >= 0.3 is 0 Å². The van der Waals surface area contributed by atoms with Gasteiger partial charge in [-0.05, 0) is 56.1 Å². The Morgan fingerprint density at radius 2 is 1.86 bits per heavy atom. The van der Waals surface area contributed by atoms with E-state index in [1.165, 1.54) is 5.56 Å². The summed E-state index contributed by atoms with van der Waals surface area (Å²) in [4.78, 5) is 14.7. The number of ether oxygens (including phenoxy) is 1. The number of hydrogen-bond acceptors (Lipinski definition) is 6. The zero-order valence-corrected chi connectivity index (χ0v) is 17.2. The van der Waals surface area contributed by atoms with Crippen molar-refractivity contribution in [2.24, 2.45) is 0 Å². The summed E-state index contributed by atoms with van der Waals surface area (Å²) in [6.07, 6.45) is 2.66. The maximum absolute atomic E-state index is 12.4. The Bertz CT molecular complexity index is 824. The fraction of sp³-hybridized carbons (Fsp3) is 0.476. The quantitative estimate of drug-likeness (QED) is 0.781. The van der Waals surface area contributed by atoms with Gasteiger partial charge in [-0.3, -0.25) is 9.69 Å². The van der Waals surface area contributed by atoms with Gasteiger partial charge in [-0.1, -0.05) is 23.7 Å². The van der Waals surface area contributed by atoms with Gasteiger partial charge in [0.15, 0.2) is 5.69 Å². The number of carbonyl (C=O) groups excluding carboxylic acids is 1. The lowest BCUT2D eigenvalue weighted by molar-refractivity contribution is 0.0693. The number of likely N-dealkylation sites (tertiary alicyclic amines) is 1. The van der Waals surface area contributed by atoms with E-state index in [1.807, 2.05) is 18.2 Å². The number of carbonyl (C=O) groups is 1. The van der Waals surface area contributed by atoms with Gasteiger partial charge in [0.25, 0.3) is 5.91 Å². The molecule has 2 unspecified atom stereocenters. The van der Waals surface area contributed by atoms with E-state index >= 15 is 0 Å². The minimum atomic E-state index is -0.185. The third kappa shape index (κ3) is 4.86. The van der Waals surface area contributed by atoms with Crippen molar-refractivity contribution >= 4 is 23.3 Å². The summed E-state index contributed by atoms with van der Waals surface area (Å²) in [7, 11) is 2.12. The fourth-order valence-corrected chi connectivity index (χ4v) is 4.19. The van der Waals surface area contributed by atoms with E-state index in [1.54, 1.807) is 6.07 Å². The van der Waals surface area contributed by atoms with E-state index in [4.69, 9.17) is 16.3 Å². The van der Waals surface area contributed by atoms with Crippen molar-refractivity contribution in [3.8, 4) is 0 Å². The van der Waals surface area contributed by atoms with Crippen molar-refractivity contribution in [3.05, 3.63) is 52.7 Å². The van der Waals surface area contributed by atoms with Crippen LogP contribution in [0.25, 0.3) is 0 Å². The number of hydrogen-bond donors (Lipinski definition) is 2. The van der Waals surface area contributed by atoms with Gasteiger partial charge in [-0.15, -0.1) is 10.2 Å². The first-order valence-electron chi connectivity index (χ1n) is 10.0. The maximum atomic E-state index is 12.4. The summed E-state index contributed by atoms with van der Waals surface area (Å²) in [5.41, 5.74) is 1.55. The highest BCUT2D eigenvalue weighted by atomic mass is 35.5. The summed E-state index contributed by atoms with van der Waals surface area (Å²) in [6.45, 7) is 2.36. The second kappa shape index (κ2) is 9.07. The van der Waals surface area contributed by atoms with Crippen LogP contribution in [-0.4, -0.2) is 59.9 Å². The monoisotopic (exact) mass is 415 g/mol. The first-order valence-corrected chi connectivity index (χ1v) is 10.4. The smallest absolute Gasteiger partial charge is 0.272 e. The standard InChI is InChI=1S/C21H26ClN5O2/c1-27-11-8-17(20(27)14-2-4-15(22)5-3-14)24-19-7-6-18(25-26-19)21(28)23-16-9-12-29-13-10-16/h2-7,16-17,20H,8-13H2,1H3,(H,23,28)(H,24,26). The molecule has 2 fully saturated rings. The average Bonchev–Trinajstić information content (AvgIpc) is 3.10. The number of nitrogens with zero attached hydrogens (tertiary/aromatic N) is 3. The molecule has 29 heavy (non-hydrogen) atoms. The van der Waals surface area contributed by atoms with Crippen LogP contribution in [0.3, 0.4) is 0 Å². The normalized spacial score (nSPS) is 23.1. The summed E-state index contributed by atoms with van der Waals surface area (Å²) in [5.74, 6) is 0.488. The van der Waals surface area contributed by atoms with Crippen LogP contribution in [0.4, 0.5) is 5.82 Å². The van der Waals surface area contributed by atoms with Crippen molar-refractivity contribution in [3.63, 3.8) is 0 Å². The van der Waals surface area contributed by atoms with Crippen molar-refractivity contribution in [2.45, 2.75) is 37.4 Å². The third-order valence-electron chi connectivity index (χ3n) is 5.65. The van der Waals surface area contributed by atoms with E-state index in [0.717, 1.165) is 30.8 Å². The van der Waals surface area contributed by atoms with E-state index in [9.17, 15) is 4.79 Å². The zero-order valence-electron chi connectivity index (χ0n) is 16.5. The van der Waals surface area contributed by atoms with Gasteiger partial charge in [0.1, 0.15) is 5.82 Å². The van der Waals surface area contributed by atoms with Gasteiger partial charge in [0.05, 0.1) is 6.04 Å². The van der Waals surface area contributed by atoms with Crippen LogP contribution < -0.4 is 10.6 Å². The summed E-state index contributed by atoms with van der Waals surface area (Å²) in [6, 6.07) is 12.1. The van der Waals surface area contributed by atoms with Crippen LogP contribution in [0.15, 0.2) is 36.4 Å². The molecule has 2 aliphatic heterocycles. The van der Waals surface area contributed by atoms with Gasteiger partial charge in [0, 0.05) is 36.9 Å². The second-order valence-corrected chi connectivity index (χ2v) is 8.12. The molecule has 0 bridgehead atoms. The lowest BCUT2D eigenvalue weighted by Crippen LogP contribution is -2.39. The molecule has 1 aromatic heterocycles. The van der Waals surface area contributed by atoms with Crippen molar-refractivity contribution < 1.29 is 9.53 Å². The van der Waals surface area contributed by atoms with Crippen molar-refractivity contribution in [1.29, 1.82) is 0 Å². The molecule has 0 saturated carbocycles. The molecule has 8 heteroatoms. The number of halogens is 1.